The molecule has 0 aliphatic carbocycles. The number of piperidine rings is 1. The number of hydrogen-bond donors (Lipinski definition) is 1. The molecule has 0 spiro atoms. The molecule has 0 aromatic heterocycles. The molecule has 1 heterocycles. The summed E-state index contributed by atoms with van der Waals surface area (Å²) >= 11 is 0. The van der Waals surface area contributed by atoms with Crippen LogP contribution in [-0.4, -0.2) is 41.1 Å². The highest BCUT2D eigenvalue weighted by Gasteiger charge is 2.28. The van der Waals surface area contributed by atoms with Crippen LogP contribution in [0.4, 0.5) is 8.78 Å². The van der Waals surface area contributed by atoms with Crippen molar-refractivity contribution in [1.29, 1.82) is 0 Å². The summed E-state index contributed by atoms with van der Waals surface area (Å²) in [6, 6.07) is 3.13. The van der Waals surface area contributed by atoms with E-state index in [0.29, 0.717) is 19.5 Å². The van der Waals surface area contributed by atoms with Crippen LogP contribution >= 0.6 is 0 Å². The quantitative estimate of drug-likeness (QED) is 0.864. The van der Waals surface area contributed by atoms with Crippen LogP contribution in [0.25, 0.3) is 0 Å². The lowest BCUT2D eigenvalue weighted by atomic mass is 9.93. The van der Waals surface area contributed by atoms with Gasteiger partial charge in [0.15, 0.2) is 17.7 Å². The van der Waals surface area contributed by atoms with Crippen molar-refractivity contribution in [3.63, 3.8) is 0 Å². The zero-order valence-corrected chi connectivity index (χ0v) is 13.5. The Morgan fingerprint density at radius 3 is 2.79 bits per heavy atom. The van der Waals surface area contributed by atoms with E-state index in [2.05, 4.69) is 0 Å². The predicted molar refractivity (Wildman–Crippen MR) is 82.6 cm³/mol. The summed E-state index contributed by atoms with van der Waals surface area (Å²) in [7, 11) is 0. The maximum atomic E-state index is 13.2. The number of carbonyl (C=O) groups is 2. The number of carboxylic acid groups (broad SMARTS) is 1. The third kappa shape index (κ3) is 4.91. The highest BCUT2D eigenvalue weighted by molar-refractivity contribution is 5.81. The standard InChI is InChI=1S/C17H21F2NO4/c1-11(24-13-5-6-14(18)15(19)9-13)17(23)20-8-2-3-12(10-20)4-7-16(21)22/h5-6,9,11-12H,2-4,7-8,10H2,1H3,(H,21,22). The molecule has 1 aromatic carbocycles. The number of likely N-dealkylation sites (tertiary alicyclic amines) is 1. The number of halogens is 2. The van der Waals surface area contributed by atoms with E-state index in [0.717, 1.165) is 25.0 Å². The third-order valence-electron chi connectivity index (χ3n) is 4.15. The molecule has 5 nitrogen and oxygen atoms in total. The first kappa shape index (κ1) is 18.2. The van der Waals surface area contributed by atoms with Gasteiger partial charge in [-0.15, -0.1) is 0 Å². The summed E-state index contributed by atoms with van der Waals surface area (Å²) in [5.74, 6) is -2.82. The lowest BCUT2D eigenvalue weighted by molar-refractivity contribution is -0.140. The highest BCUT2D eigenvalue weighted by atomic mass is 19.2. The first-order valence-corrected chi connectivity index (χ1v) is 7.99. The Bertz CT molecular complexity index is 608. The molecular weight excluding hydrogens is 320 g/mol. The van der Waals surface area contributed by atoms with E-state index in [1.807, 2.05) is 0 Å². The number of nitrogens with zero attached hydrogens (tertiary/aromatic N) is 1. The van der Waals surface area contributed by atoms with Crippen LogP contribution in [0, 0.1) is 17.6 Å². The van der Waals surface area contributed by atoms with Gasteiger partial charge in [-0.2, -0.15) is 0 Å². The van der Waals surface area contributed by atoms with Gasteiger partial charge in [0.2, 0.25) is 0 Å². The number of rotatable bonds is 6. The monoisotopic (exact) mass is 341 g/mol. The average Bonchev–Trinajstić information content (AvgIpc) is 2.56. The van der Waals surface area contributed by atoms with Crippen LogP contribution in [0.2, 0.25) is 0 Å². The topological polar surface area (TPSA) is 66.8 Å². The number of benzene rings is 1. The molecule has 1 aliphatic heterocycles. The molecule has 24 heavy (non-hydrogen) atoms. The summed E-state index contributed by atoms with van der Waals surface area (Å²) in [6.07, 6.45) is 1.52. The first-order valence-electron chi connectivity index (χ1n) is 7.99. The number of aliphatic carboxylic acids is 1. The van der Waals surface area contributed by atoms with Gasteiger partial charge < -0.3 is 14.7 Å². The van der Waals surface area contributed by atoms with Crippen molar-refractivity contribution in [2.75, 3.05) is 13.1 Å². The fourth-order valence-electron chi connectivity index (χ4n) is 2.89. The Balaban J connectivity index is 1.91. The van der Waals surface area contributed by atoms with E-state index >= 15 is 0 Å². The molecule has 1 saturated heterocycles. The Hall–Kier alpha value is -2.18. The van der Waals surface area contributed by atoms with Gasteiger partial charge in [0.25, 0.3) is 5.91 Å². The van der Waals surface area contributed by atoms with Crippen molar-refractivity contribution < 1.29 is 28.2 Å². The second-order valence-corrected chi connectivity index (χ2v) is 6.06. The Labute approximate surface area is 139 Å². The summed E-state index contributed by atoms with van der Waals surface area (Å²) in [5, 5.41) is 8.76. The van der Waals surface area contributed by atoms with Crippen molar-refractivity contribution in [2.45, 2.75) is 38.7 Å². The second-order valence-electron chi connectivity index (χ2n) is 6.06. The Morgan fingerprint density at radius 2 is 2.12 bits per heavy atom. The normalized spacial score (nSPS) is 19.0. The molecule has 0 saturated carbocycles. The third-order valence-corrected chi connectivity index (χ3v) is 4.15. The van der Waals surface area contributed by atoms with Gasteiger partial charge in [-0.3, -0.25) is 9.59 Å². The number of carbonyl (C=O) groups excluding carboxylic acids is 1. The molecule has 1 aliphatic rings. The van der Waals surface area contributed by atoms with Gasteiger partial charge in [0.1, 0.15) is 5.75 Å². The molecule has 132 valence electrons. The average molecular weight is 341 g/mol. The predicted octanol–water partition coefficient (Wildman–Crippen LogP) is 2.84. The molecule has 1 amide bonds. The fraction of sp³-hybridized carbons (Fsp3) is 0.529. The minimum absolute atomic E-state index is 0.0909. The van der Waals surface area contributed by atoms with Crippen LogP contribution < -0.4 is 4.74 Å². The van der Waals surface area contributed by atoms with Crippen LogP contribution in [-0.2, 0) is 9.59 Å². The molecule has 0 radical (unpaired) electrons. The molecule has 1 fully saturated rings. The van der Waals surface area contributed by atoms with E-state index in [4.69, 9.17) is 9.84 Å². The van der Waals surface area contributed by atoms with Crippen LogP contribution in [0.15, 0.2) is 18.2 Å². The summed E-state index contributed by atoms with van der Waals surface area (Å²) in [5.41, 5.74) is 0. The van der Waals surface area contributed by atoms with Crippen molar-refractivity contribution in [1.82, 2.24) is 4.90 Å². The van der Waals surface area contributed by atoms with Gasteiger partial charge >= 0.3 is 5.97 Å². The summed E-state index contributed by atoms with van der Waals surface area (Å²) in [4.78, 5) is 24.8. The molecule has 1 aromatic rings. The molecule has 1 N–H and O–H groups in total. The van der Waals surface area contributed by atoms with Crippen molar-refractivity contribution in [3.05, 3.63) is 29.8 Å². The Kier molecular flexibility index (Phi) is 6.11. The summed E-state index contributed by atoms with van der Waals surface area (Å²) in [6.45, 7) is 2.65. The number of hydrogen-bond acceptors (Lipinski definition) is 3. The first-order chi connectivity index (χ1) is 11.4. The molecule has 2 atom stereocenters. The van der Waals surface area contributed by atoms with E-state index < -0.39 is 23.7 Å². The zero-order chi connectivity index (χ0) is 17.7. The highest BCUT2D eigenvalue weighted by Crippen LogP contribution is 2.23. The second kappa shape index (κ2) is 8.08. The Morgan fingerprint density at radius 1 is 1.38 bits per heavy atom. The fourth-order valence-corrected chi connectivity index (χ4v) is 2.89. The minimum atomic E-state index is -1.03. The lowest BCUT2D eigenvalue weighted by Gasteiger charge is -2.34. The number of amides is 1. The minimum Gasteiger partial charge on any atom is -0.481 e. The molecular formula is C17H21F2NO4. The van der Waals surface area contributed by atoms with Gasteiger partial charge in [-0.1, -0.05) is 0 Å². The van der Waals surface area contributed by atoms with E-state index in [1.165, 1.54) is 6.07 Å². The van der Waals surface area contributed by atoms with Crippen molar-refractivity contribution in [2.24, 2.45) is 5.92 Å². The maximum Gasteiger partial charge on any atom is 0.303 e. The lowest BCUT2D eigenvalue weighted by Crippen LogP contribution is -2.45. The largest absolute Gasteiger partial charge is 0.481 e. The van der Waals surface area contributed by atoms with Crippen molar-refractivity contribution in [3.8, 4) is 5.75 Å². The van der Waals surface area contributed by atoms with Gasteiger partial charge in [0, 0.05) is 25.6 Å². The van der Waals surface area contributed by atoms with Crippen LogP contribution in [0.3, 0.4) is 0 Å². The molecule has 7 heteroatoms. The summed E-state index contributed by atoms with van der Waals surface area (Å²) < 4.78 is 31.5. The van der Waals surface area contributed by atoms with E-state index in [1.54, 1.807) is 11.8 Å². The molecule has 0 bridgehead atoms. The van der Waals surface area contributed by atoms with E-state index in [-0.39, 0.29) is 24.0 Å². The van der Waals surface area contributed by atoms with E-state index in [9.17, 15) is 18.4 Å². The molecule has 2 rings (SSSR count). The van der Waals surface area contributed by atoms with Gasteiger partial charge in [-0.25, -0.2) is 8.78 Å². The van der Waals surface area contributed by atoms with Gasteiger partial charge in [-0.05, 0) is 44.2 Å². The van der Waals surface area contributed by atoms with Crippen LogP contribution in [0.5, 0.6) is 5.75 Å². The van der Waals surface area contributed by atoms with Gasteiger partial charge in [0.05, 0.1) is 0 Å². The smallest absolute Gasteiger partial charge is 0.303 e. The zero-order valence-electron chi connectivity index (χ0n) is 13.5. The van der Waals surface area contributed by atoms with Crippen molar-refractivity contribution >= 4 is 11.9 Å². The number of carboxylic acids is 1. The number of ether oxygens (including phenoxy) is 1. The van der Waals surface area contributed by atoms with Crippen LogP contribution in [0.1, 0.15) is 32.6 Å². The maximum absolute atomic E-state index is 13.2. The SMILES string of the molecule is CC(Oc1ccc(F)c(F)c1)C(=O)N1CCCC(CCC(=O)O)C1. The molecule has 2 unspecified atom stereocenters.